The average Bonchev–Trinajstić information content (AvgIpc) is 2.61. The van der Waals surface area contributed by atoms with Gasteiger partial charge in [-0.25, -0.2) is 0 Å². The second-order valence-corrected chi connectivity index (χ2v) is 5.03. The molecule has 0 aliphatic heterocycles. The Labute approximate surface area is 98.4 Å². The molecule has 86 valence electrons. The number of hydrogen-bond donors (Lipinski definition) is 1. The fraction of sp³-hybridized carbons (Fsp3) is 0.467. The molecule has 1 nitrogen and oxygen atoms in total. The van der Waals surface area contributed by atoms with Crippen LogP contribution in [0, 0.1) is 5.92 Å². The zero-order chi connectivity index (χ0) is 11.7. The fourth-order valence-corrected chi connectivity index (χ4v) is 2.88. The summed E-state index contributed by atoms with van der Waals surface area (Å²) in [4.78, 5) is 0. The lowest BCUT2D eigenvalue weighted by atomic mass is 9.89. The van der Waals surface area contributed by atoms with Crippen LogP contribution in [0.5, 0.6) is 0 Å². The van der Waals surface area contributed by atoms with Gasteiger partial charge in [0.15, 0.2) is 0 Å². The van der Waals surface area contributed by atoms with Crippen LogP contribution >= 0.6 is 0 Å². The summed E-state index contributed by atoms with van der Waals surface area (Å²) in [5, 5.41) is 0. The van der Waals surface area contributed by atoms with Crippen molar-refractivity contribution in [3.8, 4) is 0 Å². The maximum Gasteiger partial charge on any atom is 0.0233 e. The minimum absolute atomic E-state index is 0.168. The molecule has 0 bridgehead atoms. The summed E-state index contributed by atoms with van der Waals surface area (Å²) in [6.45, 7) is 6.59. The van der Waals surface area contributed by atoms with Crippen LogP contribution in [0.3, 0.4) is 0 Å². The van der Waals surface area contributed by atoms with Crippen molar-refractivity contribution >= 4 is 5.57 Å². The first-order chi connectivity index (χ1) is 7.61. The first-order valence-corrected chi connectivity index (χ1v) is 6.18. The third kappa shape index (κ3) is 1.92. The molecule has 0 amide bonds. The summed E-state index contributed by atoms with van der Waals surface area (Å²) in [7, 11) is 0. The van der Waals surface area contributed by atoms with Gasteiger partial charge < -0.3 is 5.73 Å². The molecule has 2 N–H and O–H groups in total. The van der Waals surface area contributed by atoms with Gasteiger partial charge in [-0.15, -0.1) is 0 Å². The average molecular weight is 215 g/mol. The van der Waals surface area contributed by atoms with Crippen LogP contribution in [0.4, 0.5) is 0 Å². The van der Waals surface area contributed by atoms with E-state index in [-0.39, 0.29) is 6.04 Å². The van der Waals surface area contributed by atoms with Crippen LogP contribution in [0.25, 0.3) is 5.57 Å². The van der Waals surface area contributed by atoms with Crippen LogP contribution in [0.1, 0.15) is 38.3 Å². The third-order valence-corrected chi connectivity index (χ3v) is 3.45. The van der Waals surface area contributed by atoms with E-state index in [1.54, 1.807) is 0 Å². The van der Waals surface area contributed by atoms with Gasteiger partial charge in [-0.1, -0.05) is 38.1 Å². The molecule has 0 spiro atoms. The Morgan fingerprint density at radius 1 is 1.12 bits per heavy atom. The van der Waals surface area contributed by atoms with E-state index < -0.39 is 0 Å². The molecule has 1 atom stereocenters. The summed E-state index contributed by atoms with van der Waals surface area (Å²) in [5.41, 5.74) is 12.0. The van der Waals surface area contributed by atoms with Gasteiger partial charge in [0.2, 0.25) is 0 Å². The molecule has 1 aliphatic rings. The van der Waals surface area contributed by atoms with Crippen molar-refractivity contribution in [3.05, 3.63) is 41.0 Å². The summed E-state index contributed by atoms with van der Waals surface area (Å²) < 4.78 is 0. The quantitative estimate of drug-likeness (QED) is 0.804. The van der Waals surface area contributed by atoms with E-state index in [2.05, 4.69) is 45.0 Å². The molecule has 16 heavy (non-hydrogen) atoms. The van der Waals surface area contributed by atoms with Crippen LogP contribution < -0.4 is 5.73 Å². The van der Waals surface area contributed by atoms with Crippen molar-refractivity contribution in [2.24, 2.45) is 11.7 Å². The van der Waals surface area contributed by atoms with E-state index in [0.717, 1.165) is 6.42 Å². The zero-order valence-electron chi connectivity index (χ0n) is 10.5. The number of allylic oxidation sites excluding steroid dienone is 1. The minimum atomic E-state index is 0.168. The second-order valence-electron chi connectivity index (χ2n) is 5.03. The predicted octanol–water partition coefficient (Wildman–Crippen LogP) is 3.39. The standard InChI is InChI=1S/C15H21N/c1-10(2)15(11(3)16)14-9-8-12-6-4-5-7-13(12)14/h4-7,10-11H,8-9,16H2,1-3H3. The Bertz CT molecular complexity index is 403. The monoisotopic (exact) mass is 215 g/mol. The molecule has 1 heteroatoms. The Morgan fingerprint density at radius 3 is 2.44 bits per heavy atom. The highest BCUT2D eigenvalue weighted by Gasteiger charge is 2.22. The van der Waals surface area contributed by atoms with E-state index >= 15 is 0 Å². The Balaban J connectivity index is 2.53. The molecular formula is C15H21N. The van der Waals surface area contributed by atoms with Crippen molar-refractivity contribution in [1.82, 2.24) is 0 Å². The van der Waals surface area contributed by atoms with Crippen molar-refractivity contribution in [1.29, 1.82) is 0 Å². The van der Waals surface area contributed by atoms with Gasteiger partial charge in [0.1, 0.15) is 0 Å². The van der Waals surface area contributed by atoms with Crippen LogP contribution in [0.15, 0.2) is 29.8 Å². The molecule has 1 aromatic rings. The maximum atomic E-state index is 6.12. The first kappa shape index (κ1) is 11.4. The zero-order valence-corrected chi connectivity index (χ0v) is 10.5. The first-order valence-electron chi connectivity index (χ1n) is 6.18. The van der Waals surface area contributed by atoms with Gasteiger partial charge in [-0.3, -0.25) is 0 Å². The number of rotatable bonds is 2. The molecule has 1 aromatic carbocycles. The van der Waals surface area contributed by atoms with Crippen molar-refractivity contribution in [3.63, 3.8) is 0 Å². The number of aryl methyl sites for hydroxylation is 1. The van der Waals surface area contributed by atoms with Gasteiger partial charge in [0.25, 0.3) is 0 Å². The minimum Gasteiger partial charge on any atom is -0.324 e. The SMILES string of the molecule is CC(C)C(=C1CCc2ccccc21)C(C)N. The van der Waals surface area contributed by atoms with Crippen molar-refractivity contribution in [2.45, 2.75) is 39.7 Å². The highest BCUT2D eigenvalue weighted by atomic mass is 14.6. The Kier molecular flexibility index (Phi) is 3.15. The van der Waals surface area contributed by atoms with Crippen molar-refractivity contribution < 1.29 is 0 Å². The van der Waals surface area contributed by atoms with E-state index in [4.69, 9.17) is 5.73 Å². The molecule has 0 fully saturated rings. The van der Waals surface area contributed by atoms with Crippen LogP contribution in [-0.4, -0.2) is 6.04 Å². The summed E-state index contributed by atoms with van der Waals surface area (Å²) in [6, 6.07) is 8.90. The topological polar surface area (TPSA) is 26.0 Å². The van der Waals surface area contributed by atoms with Gasteiger partial charge in [-0.2, -0.15) is 0 Å². The Morgan fingerprint density at radius 2 is 1.81 bits per heavy atom. The highest BCUT2D eigenvalue weighted by molar-refractivity contribution is 5.75. The van der Waals surface area contributed by atoms with Gasteiger partial charge in [0.05, 0.1) is 0 Å². The fourth-order valence-electron chi connectivity index (χ4n) is 2.88. The molecule has 0 radical (unpaired) electrons. The summed E-state index contributed by atoms with van der Waals surface area (Å²) in [5.74, 6) is 0.543. The molecule has 0 saturated carbocycles. The van der Waals surface area contributed by atoms with E-state index in [1.165, 1.54) is 28.7 Å². The Hall–Kier alpha value is -1.08. The van der Waals surface area contributed by atoms with E-state index in [9.17, 15) is 0 Å². The third-order valence-electron chi connectivity index (χ3n) is 3.45. The summed E-state index contributed by atoms with van der Waals surface area (Å²) in [6.07, 6.45) is 2.34. The number of benzene rings is 1. The molecule has 2 rings (SSSR count). The smallest absolute Gasteiger partial charge is 0.0233 e. The van der Waals surface area contributed by atoms with Crippen LogP contribution in [0.2, 0.25) is 0 Å². The number of nitrogens with two attached hydrogens (primary N) is 1. The number of hydrogen-bond acceptors (Lipinski definition) is 1. The largest absolute Gasteiger partial charge is 0.324 e. The van der Waals surface area contributed by atoms with Gasteiger partial charge in [-0.05, 0) is 48.0 Å². The van der Waals surface area contributed by atoms with Gasteiger partial charge in [0, 0.05) is 6.04 Å². The maximum absolute atomic E-state index is 6.12. The molecule has 1 aliphatic carbocycles. The lowest BCUT2D eigenvalue weighted by Gasteiger charge is -2.19. The molecule has 0 heterocycles. The molecule has 0 aromatic heterocycles. The molecule has 0 saturated heterocycles. The van der Waals surface area contributed by atoms with Crippen molar-refractivity contribution in [2.75, 3.05) is 0 Å². The lowest BCUT2D eigenvalue weighted by molar-refractivity contribution is 0.675. The lowest BCUT2D eigenvalue weighted by Crippen LogP contribution is -2.22. The van der Waals surface area contributed by atoms with Gasteiger partial charge >= 0.3 is 0 Å². The van der Waals surface area contributed by atoms with E-state index in [1.807, 2.05) is 0 Å². The second kappa shape index (κ2) is 4.42. The summed E-state index contributed by atoms with van der Waals surface area (Å²) >= 11 is 0. The molecular weight excluding hydrogens is 194 g/mol. The predicted molar refractivity (Wildman–Crippen MR) is 70.2 cm³/mol. The highest BCUT2D eigenvalue weighted by Crippen LogP contribution is 2.37. The number of fused-ring (bicyclic) bond motifs is 1. The normalized spacial score (nSPS) is 19.8. The van der Waals surface area contributed by atoms with Crippen LogP contribution in [-0.2, 0) is 6.42 Å². The molecule has 1 unspecified atom stereocenters. The van der Waals surface area contributed by atoms with E-state index in [0.29, 0.717) is 5.92 Å².